The van der Waals surface area contributed by atoms with Crippen LogP contribution in [0, 0.1) is 0 Å². The van der Waals surface area contributed by atoms with Crippen LogP contribution in [-0.2, 0) is 6.54 Å². The molecule has 18 heavy (non-hydrogen) atoms. The summed E-state index contributed by atoms with van der Waals surface area (Å²) < 4.78 is 6.91. The molecule has 1 saturated heterocycles. The summed E-state index contributed by atoms with van der Waals surface area (Å²) in [5, 5.41) is 0. The molecule has 1 fully saturated rings. The molecule has 3 nitrogen and oxygen atoms in total. The van der Waals surface area contributed by atoms with Gasteiger partial charge in [-0.1, -0.05) is 12.5 Å². The van der Waals surface area contributed by atoms with Gasteiger partial charge in [-0.3, -0.25) is 0 Å². The van der Waals surface area contributed by atoms with E-state index in [1.165, 1.54) is 25.8 Å². The van der Waals surface area contributed by atoms with E-state index in [0.717, 1.165) is 22.4 Å². The molecule has 0 spiro atoms. The number of halogens is 1. The Bertz CT molecular complexity index is 397. The summed E-state index contributed by atoms with van der Waals surface area (Å²) in [5.74, 6) is 0.908. The molecular formula is C14H21BrN2O. The number of hydrogen-bond donors (Lipinski definition) is 1. The maximum absolute atomic E-state index is 5.92. The first-order chi connectivity index (χ1) is 8.70. The third-order valence-corrected chi connectivity index (χ3v) is 4.20. The first-order valence-electron chi connectivity index (χ1n) is 6.52. The van der Waals surface area contributed by atoms with Crippen LogP contribution in [0.2, 0.25) is 0 Å². The van der Waals surface area contributed by atoms with Gasteiger partial charge in [0.25, 0.3) is 0 Å². The highest BCUT2D eigenvalue weighted by Gasteiger charge is 2.19. The Morgan fingerprint density at radius 3 is 2.94 bits per heavy atom. The summed E-state index contributed by atoms with van der Waals surface area (Å²) in [6.07, 6.45) is 3.85. The van der Waals surface area contributed by atoms with Gasteiger partial charge in [-0.15, -0.1) is 0 Å². The van der Waals surface area contributed by atoms with E-state index in [-0.39, 0.29) is 0 Å². The molecule has 100 valence electrons. The fraction of sp³-hybridized carbons (Fsp3) is 0.571. The van der Waals surface area contributed by atoms with Crippen LogP contribution in [0.3, 0.4) is 0 Å². The number of likely N-dealkylation sites (tertiary alicyclic amines) is 1. The van der Waals surface area contributed by atoms with Crippen LogP contribution in [0.4, 0.5) is 0 Å². The molecule has 2 N–H and O–H groups in total. The molecule has 1 unspecified atom stereocenters. The van der Waals surface area contributed by atoms with Gasteiger partial charge in [-0.2, -0.15) is 0 Å². The quantitative estimate of drug-likeness (QED) is 0.929. The number of benzene rings is 1. The lowest BCUT2D eigenvalue weighted by Gasteiger charge is -2.32. The lowest BCUT2D eigenvalue weighted by molar-refractivity contribution is 0.124. The normalized spacial score (nSPS) is 20.9. The van der Waals surface area contributed by atoms with E-state index in [4.69, 9.17) is 10.5 Å². The number of likely N-dealkylation sites (N-methyl/N-ethyl adjacent to an activating group) is 1. The molecule has 0 aliphatic carbocycles. The van der Waals surface area contributed by atoms with Gasteiger partial charge in [0.15, 0.2) is 0 Å². The largest absolute Gasteiger partial charge is 0.491 e. The van der Waals surface area contributed by atoms with Crippen molar-refractivity contribution in [1.29, 1.82) is 0 Å². The van der Waals surface area contributed by atoms with Crippen LogP contribution in [0.1, 0.15) is 24.8 Å². The van der Waals surface area contributed by atoms with E-state index in [1.807, 2.05) is 18.2 Å². The van der Waals surface area contributed by atoms with Gasteiger partial charge in [-0.05, 0) is 60.1 Å². The van der Waals surface area contributed by atoms with E-state index in [9.17, 15) is 0 Å². The van der Waals surface area contributed by atoms with Crippen molar-refractivity contribution in [1.82, 2.24) is 4.90 Å². The van der Waals surface area contributed by atoms with Gasteiger partial charge >= 0.3 is 0 Å². The maximum atomic E-state index is 5.92. The molecule has 1 atom stereocenters. The van der Waals surface area contributed by atoms with Crippen LogP contribution in [0.25, 0.3) is 0 Å². The molecule has 1 aromatic carbocycles. The predicted molar refractivity (Wildman–Crippen MR) is 77.8 cm³/mol. The Kier molecular flexibility index (Phi) is 5.03. The van der Waals surface area contributed by atoms with E-state index in [1.54, 1.807) is 0 Å². The van der Waals surface area contributed by atoms with E-state index in [2.05, 4.69) is 27.9 Å². The lowest BCUT2D eigenvalue weighted by Crippen LogP contribution is -2.40. The van der Waals surface area contributed by atoms with Crippen molar-refractivity contribution >= 4 is 15.9 Å². The zero-order valence-electron chi connectivity index (χ0n) is 10.9. The summed E-state index contributed by atoms with van der Waals surface area (Å²) >= 11 is 3.53. The number of hydrogen-bond acceptors (Lipinski definition) is 3. The summed E-state index contributed by atoms with van der Waals surface area (Å²) in [5.41, 5.74) is 6.72. The van der Waals surface area contributed by atoms with Gasteiger partial charge in [0, 0.05) is 12.6 Å². The highest BCUT2D eigenvalue weighted by atomic mass is 79.9. The zero-order chi connectivity index (χ0) is 13.0. The van der Waals surface area contributed by atoms with Gasteiger partial charge in [0.1, 0.15) is 12.4 Å². The smallest absolute Gasteiger partial charge is 0.133 e. The molecule has 0 amide bonds. The molecule has 2 rings (SSSR count). The Morgan fingerprint density at radius 1 is 1.44 bits per heavy atom. The monoisotopic (exact) mass is 312 g/mol. The van der Waals surface area contributed by atoms with Crippen molar-refractivity contribution in [3.8, 4) is 5.75 Å². The zero-order valence-corrected chi connectivity index (χ0v) is 12.4. The number of nitrogens with two attached hydrogens (primary N) is 1. The van der Waals surface area contributed by atoms with Gasteiger partial charge < -0.3 is 15.4 Å². The molecule has 0 aromatic heterocycles. The first-order valence-corrected chi connectivity index (χ1v) is 7.31. The molecular weight excluding hydrogens is 292 g/mol. The highest BCUT2D eigenvalue weighted by molar-refractivity contribution is 9.10. The third kappa shape index (κ3) is 3.46. The van der Waals surface area contributed by atoms with E-state index < -0.39 is 0 Å². The van der Waals surface area contributed by atoms with Crippen molar-refractivity contribution in [2.45, 2.75) is 31.8 Å². The molecule has 0 saturated carbocycles. The minimum absolute atomic E-state index is 0.542. The van der Waals surface area contributed by atoms with Crippen molar-refractivity contribution < 1.29 is 4.74 Å². The van der Waals surface area contributed by atoms with Crippen molar-refractivity contribution in [2.75, 3.05) is 20.2 Å². The van der Waals surface area contributed by atoms with Crippen LogP contribution in [-0.4, -0.2) is 31.1 Å². The molecule has 0 radical (unpaired) electrons. The van der Waals surface area contributed by atoms with Crippen molar-refractivity contribution in [3.05, 3.63) is 28.2 Å². The molecule has 1 aliphatic rings. The Hall–Kier alpha value is -0.580. The minimum atomic E-state index is 0.542. The maximum Gasteiger partial charge on any atom is 0.133 e. The molecule has 1 aromatic rings. The molecule has 1 heterocycles. The Morgan fingerprint density at radius 2 is 2.28 bits per heavy atom. The van der Waals surface area contributed by atoms with E-state index in [0.29, 0.717) is 12.6 Å². The summed E-state index contributed by atoms with van der Waals surface area (Å²) in [7, 11) is 2.18. The summed E-state index contributed by atoms with van der Waals surface area (Å²) in [6.45, 7) is 2.50. The second kappa shape index (κ2) is 6.55. The third-order valence-electron chi connectivity index (χ3n) is 3.58. The summed E-state index contributed by atoms with van der Waals surface area (Å²) in [6, 6.07) is 6.58. The number of ether oxygens (including phenoxy) is 1. The van der Waals surface area contributed by atoms with Crippen LogP contribution in [0.15, 0.2) is 22.7 Å². The van der Waals surface area contributed by atoms with Gasteiger partial charge in [0.2, 0.25) is 0 Å². The predicted octanol–water partition coefficient (Wildman–Crippen LogP) is 2.77. The van der Waals surface area contributed by atoms with E-state index >= 15 is 0 Å². The number of nitrogens with zero attached hydrogens (tertiary/aromatic N) is 1. The fourth-order valence-corrected chi connectivity index (χ4v) is 2.87. The Balaban J connectivity index is 1.93. The average Bonchev–Trinajstić information content (AvgIpc) is 2.39. The van der Waals surface area contributed by atoms with Crippen LogP contribution < -0.4 is 10.5 Å². The van der Waals surface area contributed by atoms with Crippen LogP contribution >= 0.6 is 15.9 Å². The van der Waals surface area contributed by atoms with Gasteiger partial charge in [-0.25, -0.2) is 0 Å². The lowest BCUT2D eigenvalue weighted by atomic mass is 10.0. The van der Waals surface area contributed by atoms with Crippen molar-refractivity contribution in [2.24, 2.45) is 5.73 Å². The minimum Gasteiger partial charge on any atom is -0.491 e. The van der Waals surface area contributed by atoms with Crippen LogP contribution in [0.5, 0.6) is 5.75 Å². The second-order valence-electron chi connectivity index (χ2n) is 4.91. The number of piperidine rings is 1. The molecule has 0 bridgehead atoms. The van der Waals surface area contributed by atoms with Crippen molar-refractivity contribution in [3.63, 3.8) is 0 Å². The molecule has 4 heteroatoms. The highest BCUT2D eigenvalue weighted by Crippen LogP contribution is 2.27. The topological polar surface area (TPSA) is 38.5 Å². The number of rotatable bonds is 4. The fourth-order valence-electron chi connectivity index (χ4n) is 2.33. The standard InChI is InChI=1S/C14H21BrN2O/c1-17-7-3-2-4-12(17)10-18-14-6-5-11(9-16)8-13(14)15/h5-6,8,12H,2-4,7,9-10,16H2,1H3. The van der Waals surface area contributed by atoms with Gasteiger partial charge in [0.05, 0.1) is 4.47 Å². The first kappa shape index (κ1) is 13.8. The molecule has 1 aliphatic heterocycles. The SMILES string of the molecule is CN1CCCCC1COc1ccc(CN)cc1Br. The summed E-state index contributed by atoms with van der Waals surface area (Å²) in [4.78, 5) is 2.39. The second-order valence-corrected chi connectivity index (χ2v) is 5.76. The average molecular weight is 313 g/mol. The Labute approximate surface area is 117 Å².